The second kappa shape index (κ2) is 9.71. The average Bonchev–Trinajstić information content (AvgIpc) is 2.60. The maximum absolute atomic E-state index is 11.9. The van der Waals surface area contributed by atoms with Gasteiger partial charge in [0.15, 0.2) is 5.11 Å². The maximum Gasteiger partial charge on any atom is 0.306 e. The second-order valence-corrected chi connectivity index (χ2v) is 5.65. The molecule has 0 saturated carbocycles. The Hall–Kier alpha value is -2.51. The average molecular weight is 360 g/mol. The van der Waals surface area contributed by atoms with E-state index in [9.17, 15) is 9.59 Å². The number of fused-ring (bicyclic) bond motifs is 1. The molecule has 0 bridgehead atoms. The first-order valence-electron chi connectivity index (χ1n) is 7.83. The van der Waals surface area contributed by atoms with Gasteiger partial charge >= 0.3 is 5.97 Å². The Morgan fingerprint density at radius 1 is 1.04 bits per heavy atom. The molecular formula is C18H20N2O4S. The van der Waals surface area contributed by atoms with Crippen molar-refractivity contribution in [3.63, 3.8) is 0 Å². The van der Waals surface area contributed by atoms with Crippen LogP contribution in [0.4, 0.5) is 5.69 Å². The van der Waals surface area contributed by atoms with Gasteiger partial charge in [0.2, 0.25) is 5.91 Å². The van der Waals surface area contributed by atoms with Crippen LogP contribution in [0.3, 0.4) is 0 Å². The molecule has 0 radical (unpaired) electrons. The molecule has 0 aromatic heterocycles. The quantitative estimate of drug-likeness (QED) is 0.449. The lowest BCUT2D eigenvalue weighted by atomic mass is 10.1. The zero-order valence-electron chi connectivity index (χ0n) is 13.9. The Morgan fingerprint density at radius 2 is 1.80 bits per heavy atom. The first kappa shape index (κ1) is 18.8. The molecule has 0 aliphatic rings. The molecule has 1 amide bonds. The second-order valence-electron chi connectivity index (χ2n) is 5.24. The monoisotopic (exact) mass is 360 g/mol. The number of benzene rings is 2. The van der Waals surface area contributed by atoms with E-state index in [0.717, 1.165) is 16.5 Å². The molecule has 132 valence electrons. The lowest BCUT2D eigenvalue weighted by Gasteiger charge is -2.11. The zero-order valence-corrected chi connectivity index (χ0v) is 14.7. The highest BCUT2D eigenvalue weighted by atomic mass is 32.1. The van der Waals surface area contributed by atoms with Crippen molar-refractivity contribution < 1.29 is 19.1 Å². The fourth-order valence-electron chi connectivity index (χ4n) is 2.20. The van der Waals surface area contributed by atoms with Crippen LogP contribution in [0, 0.1) is 0 Å². The van der Waals surface area contributed by atoms with E-state index in [4.69, 9.17) is 21.7 Å². The van der Waals surface area contributed by atoms with Crippen LogP contribution in [0.2, 0.25) is 0 Å². The zero-order chi connectivity index (χ0) is 18.1. The molecule has 0 aliphatic carbocycles. The Balaban J connectivity index is 1.81. The third kappa shape index (κ3) is 6.13. The van der Waals surface area contributed by atoms with Crippen LogP contribution >= 0.6 is 12.2 Å². The van der Waals surface area contributed by atoms with E-state index < -0.39 is 5.97 Å². The van der Waals surface area contributed by atoms with E-state index >= 15 is 0 Å². The van der Waals surface area contributed by atoms with Crippen molar-refractivity contribution in [2.45, 2.75) is 12.8 Å². The minimum Gasteiger partial charge on any atom is -0.463 e. The van der Waals surface area contributed by atoms with Crippen molar-refractivity contribution in [2.24, 2.45) is 0 Å². The summed E-state index contributed by atoms with van der Waals surface area (Å²) in [7, 11) is 1.52. The lowest BCUT2D eigenvalue weighted by molar-refractivity contribution is -0.146. The van der Waals surface area contributed by atoms with E-state index in [1.165, 1.54) is 7.11 Å². The first-order chi connectivity index (χ1) is 12.1. The smallest absolute Gasteiger partial charge is 0.306 e. The minimum absolute atomic E-state index is 0.00315. The Kier molecular flexibility index (Phi) is 7.31. The number of rotatable bonds is 7. The summed E-state index contributed by atoms with van der Waals surface area (Å²) >= 11 is 5.17. The molecule has 0 aliphatic heterocycles. The molecule has 6 nitrogen and oxygen atoms in total. The predicted octanol–water partition coefficient (Wildman–Crippen LogP) is 2.62. The summed E-state index contributed by atoms with van der Waals surface area (Å²) in [4.78, 5) is 23.3. The summed E-state index contributed by atoms with van der Waals surface area (Å²) in [6, 6.07) is 13.6. The number of esters is 1. The molecule has 0 saturated heterocycles. The Bertz CT molecular complexity index is 758. The first-order valence-corrected chi connectivity index (χ1v) is 8.24. The van der Waals surface area contributed by atoms with E-state index in [1.807, 2.05) is 42.5 Å². The van der Waals surface area contributed by atoms with Gasteiger partial charge in [0.25, 0.3) is 0 Å². The van der Waals surface area contributed by atoms with Gasteiger partial charge in [0.05, 0.1) is 13.0 Å². The van der Waals surface area contributed by atoms with Crippen molar-refractivity contribution >= 4 is 45.7 Å². The van der Waals surface area contributed by atoms with Gasteiger partial charge in [-0.2, -0.15) is 0 Å². The van der Waals surface area contributed by atoms with E-state index in [-0.39, 0.29) is 30.5 Å². The standard InChI is InChI=1S/C18H20N2O4S/c1-23-11-12-24-17(22)10-9-16(21)20-18(25)19-15-8-4-6-13-5-2-3-7-14(13)15/h2-8H,9-12H2,1H3,(H2,19,20,21,25). The Labute approximate surface area is 151 Å². The number of nitrogens with one attached hydrogen (secondary N) is 2. The van der Waals surface area contributed by atoms with Gasteiger partial charge in [0, 0.05) is 24.6 Å². The maximum atomic E-state index is 11.9. The topological polar surface area (TPSA) is 76.7 Å². The van der Waals surface area contributed by atoms with Crippen molar-refractivity contribution in [3.8, 4) is 0 Å². The summed E-state index contributed by atoms with van der Waals surface area (Å²) in [6.07, 6.45) is -0.00436. The molecular weight excluding hydrogens is 340 g/mol. The highest BCUT2D eigenvalue weighted by Crippen LogP contribution is 2.22. The fourth-order valence-corrected chi connectivity index (χ4v) is 2.43. The summed E-state index contributed by atoms with van der Waals surface area (Å²) < 4.78 is 9.66. The number of anilines is 1. The molecule has 25 heavy (non-hydrogen) atoms. The highest BCUT2D eigenvalue weighted by Gasteiger charge is 2.10. The van der Waals surface area contributed by atoms with Crippen molar-refractivity contribution in [1.29, 1.82) is 0 Å². The number of methoxy groups -OCH3 is 1. The van der Waals surface area contributed by atoms with Gasteiger partial charge < -0.3 is 20.1 Å². The minimum atomic E-state index is -0.444. The number of ether oxygens (including phenoxy) is 2. The fraction of sp³-hybridized carbons (Fsp3) is 0.278. The van der Waals surface area contributed by atoms with E-state index in [2.05, 4.69) is 10.6 Å². The molecule has 2 aromatic carbocycles. The summed E-state index contributed by atoms with van der Waals surface area (Å²) in [5.74, 6) is -0.790. The van der Waals surface area contributed by atoms with Crippen LogP contribution in [-0.4, -0.2) is 37.3 Å². The van der Waals surface area contributed by atoms with Gasteiger partial charge in [-0.3, -0.25) is 9.59 Å². The van der Waals surface area contributed by atoms with Gasteiger partial charge in [-0.1, -0.05) is 36.4 Å². The number of carbonyl (C=O) groups excluding carboxylic acids is 2. The summed E-state index contributed by atoms with van der Waals surface area (Å²) in [6.45, 7) is 0.509. The molecule has 2 N–H and O–H groups in total. The van der Waals surface area contributed by atoms with Crippen LogP contribution < -0.4 is 10.6 Å². The van der Waals surface area contributed by atoms with Crippen LogP contribution in [-0.2, 0) is 19.1 Å². The van der Waals surface area contributed by atoms with Gasteiger partial charge in [-0.05, 0) is 23.7 Å². The van der Waals surface area contributed by atoms with Crippen LogP contribution in [0.25, 0.3) is 10.8 Å². The molecule has 0 fully saturated rings. The van der Waals surface area contributed by atoms with E-state index in [1.54, 1.807) is 0 Å². The van der Waals surface area contributed by atoms with Crippen LogP contribution in [0.5, 0.6) is 0 Å². The third-order valence-corrected chi connectivity index (χ3v) is 3.60. The SMILES string of the molecule is COCCOC(=O)CCC(=O)NC(=S)Nc1cccc2ccccc12. The lowest BCUT2D eigenvalue weighted by Crippen LogP contribution is -2.34. The highest BCUT2D eigenvalue weighted by molar-refractivity contribution is 7.80. The normalized spacial score (nSPS) is 10.3. The van der Waals surface area contributed by atoms with Crippen LogP contribution in [0.15, 0.2) is 42.5 Å². The summed E-state index contributed by atoms with van der Waals surface area (Å²) in [5, 5.41) is 7.84. The molecule has 0 heterocycles. The molecule has 0 unspecified atom stereocenters. The summed E-state index contributed by atoms with van der Waals surface area (Å²) in [5.41, 5.74) is 0.808. The Morgan fingerprint density at radius 3 is 2.60 bits per heavy atom. The van der Waals surface area contributed by atoms with Gasteiger partial charge in [0.1, 0.15) is 6.61 Å². The molecule has 0 atom stereocenters. The van der Waals surface area contributed by atoms with Crippen LogP contribution in [0.1, 0.15) is 12.8 Å². The third-order valence-electron chi connectivity index (χ3n) is 3.40. The van der Waals surface area contributed by atoms with Gasteiger partial charge in [-0.15, -0.1) is 0 Å². The number of hydrogen-bond acceptors (Lipinski definition) is 5. The molecule has 2 aromatic rings. The van der Waals surface area contributed by atoms with Crippen molar-refractivity contribution in [2.75, 3.05) is 25.6 Å². The molecule has 7 heteroatoms. The molecule has 0 spiro atoms. The van der Waals surface area contributed by atoms with Crippen molar-refractivity contribution in [1.82, 2.24) is 5.32 Å². The number of thiocarbonyl (C=S) groups is 1. The van der Waals surface area contributed by atoms with Crippen molar-refractivity contribution in [3.05, 3.63) is 42.5 Å². The largest absolute Gasteiger partial charge is 0.463 e. The van der Waals surface area contributed by atoms with Gasteiger partial charge in [-0.25, -0.2) is 0 Å². The number of hydrogen-bond donors (Lipinski definition) is 2. The number of amides is 1. The number of carbonyl (C=O) groups is 2. The predicted molar refractivity (Wildman–Crippen MR) is 100 cm³/mol. The van der Waals surface area contributed by atoms with E-state index in [0.29, 0.717) is 6.61 Å². The molecule has 2 rings (SSSR count).